The first-order valence-electron chi connectivity index (χ1n) is 10.7. The van der Waals surface area contributed by atoms with E-state index in [2.05, 4.69) is 18.8 Å². The number of ether oxygens (including phenoxy) is 2. The summed E-state index contributed by atoms with van der Waals surface area (Å²) in [6.07, 6.45) is 0. The zero-order valence-electron chi connectivity index (χ0n) is 18.5. The second kappa shape index (κ2) is 7.77. The standard InChI is InChI=1S/C24H23N5O4/c1-4-28-20-19(21(25)30)26-22(15-7-5-14(6-8-15)13(2)3)27-23(20)29(24(28)31)16-9-10-17-18(11-16)33-12-32-17/h5-11,13H,4,12H2,1-3H3,(H2,25,30). The third-order valence-electron chi connectivity index (χ3n) is 5.77. The predicted octanol–water partition coefficient (Wildman–Crippen LogP) is 3.22. The van der Waals surface area contributed by atoms with Gasteiger partial charge in [0.1, 0.15) is 5.52 Å². The molecule has 0 saturated heterocycles. The monoisotopic (exact) mass is 445 g/mol. The molecule has 2 aromatic carbocycles. The molecule has 168 valence electrons. The van der Waals surface area contributed by atoms with E-state index < -0.39 is 5.91 Å². The summed E-state index contributed by atoms with van der Waals surface area (Å²) in [4.78, 5) is 35.0. The molecule has 5 rings (SSSR count). The highest BCUT2D eigenvalue weighted by molar-refractivity contribution is 6.02. The van der Waals surface area contributed by atoms with Crippen LogP contribution in [0.25, 0.3) is 28.2 Å². The zero-order chi connectivity index (χ0) is 23.3. The molecule has 4 aromatic rings. The van der Waals surface area contributed by atoms with Gasteiger partial charge in [-0.05, 0) is 30.5 Å². The number of nitrogens with two attached hydrogens (primary N) is 1. The minimum Gasteiger partial charge on any atom is -0.454 e. The minimum atomic E-state index is -0.729. The number of aryl methyl sites for hydroxylation is 1. The molecule has 1 amide bonds. The second-order valence-electron chi connectivity index (χ2n) is 8.11. The maximum Gasteiger partial charge on any atom is 0.335 e. The van der Waals surface area contributed by atoms with Gasteiger partial charge in [0.25, 0.3) is 5.91 Å². The van der Waals surface area contributed by atoms with Gasteiger partial charge in [-0.25, -0.2) is 19.3 Å². The van der Waals surface area contributed by atoms with Crippen LogP contribution in [-0.4, -0.2) is 31.8 Å². The summed E-state index contributed by atoms with van der Waals surface area (Å²) in [5.41, 5.74) is 8.37. The first-order chi connectivity index (χ1) is 15.9. The number of fused-ring (bicyclic) bond motifs is 2. The molecule has 0 saturated carbocycles. The molecule has 0 spiro atoms. The van der Waals surface area contributed by atoms with Crippen molar-refractivity contribution in [1.82, 2.24) is 19.1 Å². The van der Waals surface area contributed by atoms with Crippen LogP contribution < -0.4 is 20.9 Å². The van der Waals surface area contributed by atoms with Gasteiger partial charge in [-0.3, -0.25) is 9.36 Å². The number of benzene rings is 2. The smallest absolute Gasteiger partial charge is 0.335 e. The van der Waals surface area contributed by atoms with E-state index in [9.17, 15) is 9.59 Å². The summed E-state index contributed by atoms with van der Waals surface area (Å²) >= 11 is 0. The highest BCUT2D eigenvalue weighted by Gasteiger charge is 2.25. The normalized spacial score (nSPS) is 12.6. The maximum absolute atomic E-state index is 13.4. The Morgan fingerprint density at radius 1 is 1.09 bits per heavy atom. The van der Waals surface area contributed by atoms with Crippen LogP contribution in [0.2, 0.25) is 0 Å². The molecule has 2 N–H and O–H groups in total. The largest absolute Gasteiger partial charge is 0.454 e. The molecule has 3 heterocycles. The second-order valence-corrected chi connectivity index (χ2v) is 8.11. The zero-order valence-corrected chi connectivity index (χ0v) is 18.5. The topological polar surface area (TPSA) is 114 Å². The van der Waals surface area contributed by atoms with Gasteiger partial charge >= 0.3 is 5.69 Å². The van der Waals surface area contributed by atoms with Crippen LogP contribution in [0.5, 0.6) is 11.5 Å². The summed E-state index contributed by atoms with van der Waals surface area (Å²) in [7, 11) is 0. The fourth-order valence-corrected chi connectivity index (χ4v) is 4.02. The van der Waals surface area contributed by atoms with Crippen molar-refractivity contribution in [3.05, 3.63) is 64.2 Å². The number of carbonyl (C=O) groups is 1. The van der Waals surface area contributed by atoms with Crippen LogP contribution in [0, 0.1) is 0 Å². The molecule has 2 aromatic heterocycles. The van der Waals surface area contributed by atoms with Crippen molar-refractivity contribution < 1.29 is 14.3 Å². The molecule has 0 atom stereocenters. The summed E-state index contributed by atoms with van der Waals surface area (Å²) in [5, 5.41) is 0. The number of carbonyl (C=O) groups excluding carboxylic acids is 1. The van der Waals surface area contributed by atoms with Crippen molar-refractivity contribution >= 4 is 17.1 Å². The van der Waals surface area contributed by atoms with Crippen molar-refractivity contribution in [3.8, 4) is 28.6 Å². The lowest BCUT2D eigenvalue weighted by molar-refractivity contribution is 0.0997. The first-order valence-corrected chi connectivity index (χ1v) is 10.7. The Labute approximate surface area is 189 Å². The summed E-state index contributed by atoms with van der Waals surface area (Å²) in [6, 6.07) is 13.0. The Morgan fingerprint density at radius 3 is 2.48 bits per heavy atom. The Kier molecular flexibility index (Phi) is 4.88. The van der Waals surface area contributed by atoms with Crippen molar-refractivity contribution in [2.24, 2.45) is 5.73 Å². The average molecular weight is 445 g/mol. The van der Waals surface area contributed by atoms with Crippen molar-refractivity contribution in [3.63, 3.8) is 0 Å². The van der Waals surface area contributed by atoms with E-state index in [1.807, 2.05) is 31.2 Å². The summed E-state index contributed by atoms with van der Waals surface area (Å²) in [5.74, 6) is 1.09. The quantitative estimate of drug-likeness (QED) is 0.504. The number of amides is 1. The first kappa shape index (κ1) is 20.7. The maximum atomic E-state index is 13.4. The molecule has 0 bridgehead atoms. The van der Waals surface area contributed by atoms with Crippen LogP contribution in [0.4, 0.5) is 0 Å². The number of primary amides is 1. The number of imidazole rings is 1. The fourth-order valence-electron chi connectivity index (χ4n) is 4.02. The lowest BCUT2D eigenvalue weighted by Crippen LogP contribution is -2.23. The molecular weight excluding hydrogens is 422 g/mol. The lowest BCUT2D eigenvalue weighted by Gasteiger charge is -2.09. The van der Waals surface area contributed by atoms with Gasteiger partial charge in [0, 0.05) is 18.2 Å². The van der Waals surface area contributed by atoms with E-state index in [-0.39, 0.29) is 18.2 Å². The number of hydrogen-bond donors (Lipinski definition) is 1. The number of rotatable bonds is 5. The molecule has 33 heavy (non-hydrogen) atoms. The lowest BCUT2D eigenvalue weighted by atomic mass is 10.0. The van der Waals surface area contributed by atoms with Crippen molar-refractivity contribution in [1.29, 1.82) is 0 Å². The highest BCUT2D eigenvalue weighted by Crippen LogP contribution is 2.34. The van der Waals surface area contributed by atoms with E-state index in [1.165, 1.54) is 14.7 Å². The van der Waals surface area contributed by atoms with Crippen molar-refractivity contribution in [2.45, 2.75) is 33.2 Å². The SMILES string of the molecule is CCn1c(=O)n(-c2ccc3c(c2)OCO3)c2nc(-c3ccc(C(C)C)cc3)nc(C(N)=O)c21. The molecule has 1 aliphatic rings. The van der Waals surface area contributed by atoms with Gasteiger partial charge in [0.05, 0.1) is 5.69 Å². The Hall–Kier alpha value is -4.14. The molecular formula is C24H23N5O4. The van der Waals surface area contributed by atoms with E-state index in [1.54, 1.807) is 18.2 Å². The minimum absolute atomic E-state index is 0.00128. The molecule has 0 unspecified atom stereocenters. The van der Waals surface area contributed by atoms with Gasteiger partial charge in [-0.1, -0.05) is 38.1 Å². The summed E-state index contributed by atoms with van der Waals surface area (Å²) < 4.78 is 13.8. The summed E-state index contributed by atoms with van der Waals surface area (Å²) in [6.45, 7) is 6.47. The molecule has 0 aliphatic carbocycles. The number of hydrogen-bond acceptors (Lipinski definition) is 6. The van der Waals surface area contributed by atoms with Crippen LogP contribution in [0.1, 0.15) is 42.7 Å². The fraction of sp³-hybridized carbons (Fsp3) is 0.250. The number of aromatic nitrogens is 4. The van der Waals surface area contributed by atoms with Crippen LogP contribution in [-0.2, 0) is 6.54 Å². The Morgan fingerprint density at radius 2 is 1.82 bits per heavy atom. The average Bonchev–Trinajstić information content (AvgIpc) is 3.39. The van der Waals surface area contributed by atoms with Gasteiger partial charge < -0.3 is 15.2 Å². The van der Waals surface area contributed by atoms with Crippen LogP contribution in [0.15, 0.2) is 47.3 Å². The van der Waals surface area contributed by atoms with Gasteiger partial charge in [-0.15, -0.1) is 0 Å². The van der Waals surface area contributed by atoms with E-state index in [4.69, 9.17) is 20.2 Å². The Bertz CT molecular complexity index is 1450. The third kappa shape index (κ3) is 3.32. The Balaban J connectivity index is 1.80. The third-order valence-corrected chi connectivity index (χ3v) is 5.77. The van der Waals surface area contributed by atoms with Gasteiger partial charge in [0.15, 0.2) is 28.7 Å². The van der Waals surface area contributed by atoms with Gasteiger partial charge in [-0.2, -0.15) is 0 Å². The molecule has 0 radical (unpaired) electrons. The number of nitrogens with zero attached hydrogens (tertiary/aromatic N) is 4. The molecule has 0 fully saturated rings. The predicted molar refractivity (Wildman–Crippen MR) is 123 cm³/mol. The van der Waals surface area contributed by atoms with E-state index >= 15 is 0 Å². The van der Waals surface area contributed by atoms with Crippen LogP contribution >= 0.6 is 0 Å². The van der Waals surface area contributed by atoms with Crippen molar-refractivity contribution in [2.75, 3.05) is 6.79 Å². The van der Waals surface area contributed by atoms with E-state index in [0.717, 1.165) is 5.56 Å². The van der Waals surface area contributed by atoms with Crippen LogP contribution in [0.3, 0.4) is 0 Å². The van der Waals surface area contributed by atoms with Gasteiger partial charge in [0.2, 0.25) is 6.79 Å². The molecule has 9 heteroatoms. The molecule has 9 nitrogen and oxygen atoms in total. The van der Waals surface area contributed by atoms with E-state index in [0.29, 0.717) is 46.6 Å². The highest BCUT2D eigenvalue weighted by atomic mass is 16.7. The molecule has 1 aliphatic heterocycles.